The van der Waals surface area contributed by atoms with E-state index in [0.717, 1.165) is 0 Å². The summed E-state index contributed by atoms with van der Waals surface area (Å²) in [4.78, 5) is 12.1. The Morgan fingerprint density at radius 1 is 1.09 bits per heavy atom. The Kier molecular flexibility index (Phi) is 5.00. The Bertz CT molecular complexity index is 787. The molecule has 0 saturated heterocycles. The largest absolute Gasteiger partial charge is 0.322 e. The topological polar surface area (TPSA) is 66.5 Å². The van der Waals surface area contributed by atoms with Crippen molar-refractivity contribution in [2.45, 2.75) is 6.92 Å². The molecule has 23 heavy (non-hydrogen) atoms. The van der Waals surface area contributed by atoms with Gasteiger partial charge in [0, 0.05) is 18.3 Å². The summed E-state index contributed by atoms with van der Waals surface area (Å²) in [5, 5.41) is 2.64. The molecule has 0 aliphatic rings. The third kappa shape index (κ3) is 4.07. The van der Waals surface area contributed by atoms with Crippen molar-refractivity contribution in [1.29, 1.82) is 0 Å². The monoisotopic (exact) mass is 336 g/mol. The Morgan fingerprint density at radius 2 is 1.65 bits per heavy atom. The van der Waals surface area contributed by atoms with Crippen LogP contribution >= 0.6 is 0 Å². The van der Waals surface area contributed by atoms with E-state index < -0.39 is 10.0 Å². The number of rotatable bonds is 5. The summed E-state index contributed by atoms with van der Waals surface area (Å²) in [6.45, 7) is 1.57. The summed E-state index contributed by atoms with van der Waals surface area (Å²) in [6.07, 6.45) is 0. The van der Waals surface area contributed by atoms with Gasteiger partial charge in [-0.2, -0.15) is 0 Å². The highest BCUT2D eigenvalue weighted by Crippen LogP contribution is 2.18. The standard InChI is InChI=1S/C16H17FN2O3S/c1-3-23(21,22)19(2)15-10-4-12(5-11-15)16(20)18-14-8-6-13(17)7-9-14/h4-11H,3H2,1-2H3,(H,18,20). The number of halogens is 1. The van der Waals surface area contributed by atoms with E-state index in [1.807, 2.05) is 0 Å². The van der Waals surface area contributed by atoms with Crippen LogP contribution in [-0.4, -0.2) is 27.1 Å². The van der Waals surface area contributed by atoms with Gasteiger partial charge in [0.05, 0.1) is 11.4 Å². The first-order valence-electron chi connectivity index (χ1n) is 6.97. The summed E-state index contributed by atoms with van der Waals surface area (Å²) in [5.74, 6) is -0.743. The summed E-state index contributed by atoms with van der Waals surface area (Å²) < 4.78 is 37.6. The molecule has 0 bridgehead atoms. The molecule has 0 fully saturated rings. The van der Waals surface area contributed by atoms with Gasteiger partial charge < -0.3 is 5.32 Å². The minimum absolute atomic E-state index is 0.00367. The highest BCUT2D eigenvalue weighted by Gasteiger charge is 2.16. The van der Waals surface area contributed by atoms with Gasteiger partial charge in [0.1, 0.15) is 5.82 Å². The van der Waals surface area contributed by atoms with E-state index in [2.05, 4.69) is 5.32 Å². The number of carbonyl (C=O) groups is 1. The molecular weight excluding hydrogens is 319 g/mol. The SMILES string of the molecule is CCS(=O)(=O)N(C)c1ccc(C(=O)Nc2ccc(F)cc2)cc1. The quantitative estimate of drug-likeness (QED) is 0.913. The second kappa shape index (κ2) is 6.78. The van der Waals surface area contributed by atoms with Crippen LogP contribution in [0, 0.1) is 5.82 Å². The third-order valence-corrected chi connectivity index (χ3v) is 5.15. The second-order valence-electron chi connectivity index (χ2n) is 4.88. The highest BCUT2D eigenvalue weighted by molar-refractivity contribution is 7.92. The van der Waals surface area contributed by atoms with E-state index in [0.29, 0.717) is 16.9 Å². The molecule has 0 unspecified atom stereocenters. The zero-order chi connectivity index (χ0) is 17.0. The van der Waals surface area contributed by atoms with Crippen molar-refractivity contribution >= 4 is 27.3 Å². The van der Waals surface area contributed by atoms with E-state index in [1.165, 1.54) is 47.8 Å². The molecule has 1 amide bonds. The molecule has 2 aromatic carbocycles. The van der Waals surface area contributed by atoms with E-state index in [4.69, 9.17) is 0 Å². The normalized spacial score (nSPS) is 11.1. The predicted molar refractivity (Wildman–Crippen MR) is 88.7 cm³/mol. The molecule has 1 N–H and O–H groups in total. The number of nitrogens with zero attached hydrogens (tertiary/aromatic N) is 1. The van der Waals surface area contributed by atoms with Gasteiger partial charge in [0.2, 0.25) is 10.0 Å². The van der Waals surface area contributed by atoms with Crippen LogP contribution in [0.4, 0.5) is 15.8 Å². The van der Waals surface area contributed by atoms with Crippen molar-refractivity contribution in [2.24, 2.45) is 0 Å². The molecule has 0 atom stereocenters. The summed E-state index contributed by atoms with van der Waals surface area (Å²) in [5.41, 5.74) is 1.33. The molecule has 0 aromatic heterocycles. The number of carbonyl (C=O) groups excluding carboxylic acids is 1. The number of hydrogen-bond acceptors (Lipinski definition) is 3. The summed E-state index contributed by atoms with van der Waals surface area (Å²) in [7, 11) is -1.88. The number of sulfonamides is 1. The molecule has 2 rings (SSSR count). The van der Waals surface area contributed by atoms with Crippen molar-refractivity contribution < 1.29 is 17.6 Å². The molecule has 0 aliphatic carbocycles. The van der Waals surface area contributed by atoms with Gasteiger partial charge in [0.15, 0.2) is 0 Å². The van der Waals surface area contributed by atoms with Gasteiger partial charge in [0.25, 0.3) is 5.91 Å². The van der Waals surface area contributed by atoms with Gasteiger partial charge in [-0.25, -0.2) is 12.8 Å². The smallest absolute Gasteiger partial charge is 0.255 e. The lowest BCUT2D eigenvalue weighted by Gasteiger charge is -2.18. The van der Waals surface area contributed by atoms with Crippen molar-refractivity contribution in [1.82, 2.24) is 0 Å². The zero-order valence-electron chi connectivity index (χ0n) is 12.8. The molecule has 7 heteroatoms. The van der Waals surface area contributed by atoms with Crippen LogP contribution in [0.15, 0.2) is 48.5 Å². The van der Waals surface area contributed by atoms with Gasteiger partial charge in [-0.15, -0.1) is 0 Å². The van der Waals surface area contributed by atoms with Gasteiger partial charge in [-0.3, -0.25) is 9.10 Å². The highest BCUT2D eigenvalue weighted by atomic mass is 32.2. The fourth-order valence-corrected chi connectivity index (χ4v) is 2.74. The fourth-order valence-electron chi connectivity index (χ4n) is 1.91. The Morgan fingerprint density at radius 3 is 2.17 bits per heavy atom. The summed E-state index contributed by atoms with van der Waals surface area (Å²) in [6, 6.07) is 11.6. The maximum atomic E-state index is 12.8. The zero-order valence-corrected chi connectivity index (χ0v) is 13.6. The lowest BCUT2D eigenvalue weighted by molar-refractivity contribution is 0.102. The number of anilines is 2. The lowest BCUT2D eigenvalue weighted by Crippen LogP contribution is -2.28. The van der Waals surface area contributed by atoms with Crippen molar-refractivity contribution in [3.63, 3.8) is 0 Å². The Labute approximate surface area is 134 Å². The fraction of sp³-hybridized carbons (Fsp3) is 0.188. The van der Waals surface area contributed by atoms with Gasteiger partial charge in [-0.1, -0.05) is 0 Å². The Balaban J connectivity index is 2.13. The molecule has 0 saturated carbocycles. The van der Waals surface area contributed by atoms with E-state index in [-0.39, 0.29) is 17.5 Å². The van der Waals surface area contributed by atoms with Crippen LogP contribution in [0.25, 0.3) is 0 Å². The van der Waals surface area contributed by atoms with Crippen molar-refractivity contribution in [2.75, 3.05) is 22.4 Å². The molecule has 2 aromatic rings. The molecule has 122 valence electrons. The van der Waals surface area contributed by atoms with Crippen LogP contribution < -0.4 is 9.62 Å². The van der Waals surface area contributed by atoms with Crippen LogP contribution in [0.2, 0.25) is 0 Å². The average Bonchev–Trinajstić information content (AvgIpc) is 2.56. The first kappa shape index (κ1) is 17.0. The molecule has 0 spiro atoms. The minimum atomic E-state index is -3.34. The predicted octanol–water partition coefficient (Wildman–Crippen LogP) is 2.86. The maximum absolute atomic E-state index is 12.8. The minimum Gasteiger partial charge on any atom is -0.322 e. The van der Waals surface area contributed by atoms with E-state index >= 15 is 0 Å². The van der Waals surface area contributed by atoms with Crippen molar-refractivity contribution in [3.05, 3.63) is 59.9 Å². The molecule has 0 aliphatic heterocycles. The molecular formula is C16H17FN2O3S. The summed E-state index contributed by atoms with van der Waals surface area (Å²) >= 11 is 0. The van der Waals surface area contributed by atoms with Crippen molar-refractivity contribution in [3.8, 4) is 0 Å². The van der Waals surface area contributed by atoms with Crippen LogP contribution in [-0.2, 0) is 10.0 Å². The van der Waals surface area contributed by atoms with Crippen LogP contribution in [0.1, 0.15) is 17.3 Å². The molecule has 0 radical (unpaired) electrons. The number of benzene rings is 2. The van der Waals surface area contributed by atoms with Crippen LogP contribution in [0.3, 0.4) is 0 Å². The number of amides is 1. The third-order valence-electron chi connectivity index (χ3n) is 3.38. The first-order valence-corrected chi connectivity index (χ1v) is 8.58. The average molecular weight is 336 g/mol. The lowest BCUT2D eigenvalue weighted by atomic mass is 10.2. The Hall–Kier alpha value is -2.41. The molecule has 5 nitrogen and oxygen atoms in total. The van der Waals surface area contributed by atoms with Crippen LogP contribution in [0.5, 0.6) is 0 Å². The maximum Gasteiger partial charge on any atom is 0.255 e. The number of hydrogen-bond donors (Lipinski definition) is 1. The van der Waals surface area contributed by atoms with E-state index in [1.54, 1.807) is 19.1 Å². The van der Waals surface area contributed by atoms with Gasteiger partial charge >= 0.3 is 0 Å². The second-order valence-corrected chi connectivity index (χ2v) is 7.16. The van der Waals surface area contributed by atoms with Gasteiger partial charge in [-0.05, 0) is 55.5 Å². The number of nitrogens with one attached hydrogen (secondary N) is 1. The molecule has 0 heterocycles. The first-order chi connectivity index (χ1) is 10.8. The van der Waals surface area contributed by atoms with E-state index in [9.17, 15) is 17.6 Å².